The number of hydrogen-bond donors (Lipinski definition) is 0. The van der Waals surface area contributed by atoms with E-state index >= 15 is 0 Å². The number of morpholine rings is 1. The van der Waals surface area contributed by atoms with E-state index in [1.807, 2.05) is 0 Å². The van der Waals surface area contributed by atoms with Gasteiger partial charge in [0.1, 0.15) is 5.75 Å². The van der Waals surface area contributed by atoms with Crippen molar-refractivity contribution in [2.24, 2.45) is 0 Å². The maximum absolute atomic E-state index is 13.6. The molecule has 1 fully saturated rings. The van der Waals surface area contributed by atoms with Crippen LogP contribution in [0.4, 0.5) is 13.2 Å². The molecule has 0 atom stereocenters. The number of benzene rings is 1. The lowest BCUT2D eigenvalue weighted by molar-refractivity contribution is -0.143. The summed E-state index contributed by atoms with van der Waals surface area (Å²) in [6.45, 7) is 1.12. The Balaban J connectivity index is 2.02. The Bertz CT molecular complexity index is 750. The molecule has 1 aromatic heterocycles. The van der Waals surface area contributed by atoms with Crippen LogP contribution in [0.25, 0.3) is 5.69 Å². The molecule has 6 nitrogen and oxygen atoms in total. The molecule has 3 rings (SSSR count). The highest BCUT2D eigenvalue weighted by Gasteiger charge is 2.41. The van der Waals surface area contributed by atoms with Crippen LogP contribution in [0.15, 0.2) is 30.5 Å². The number of aromatic nitrogens is 2. The molecule has 2 heterocycles. The van der Waals surface area contributed by atoms with E-state index in [0.717, 1.165) is 10.9 Å². The molecule has 9 heteroatoms. The normalized spacial score (nSPS) is 15.3. The molecule has 0 unspecified atom stereocenters. The van der Waals surface area contributed by atoms with Crippen molar-refractivity contribution in [2.75, 3.05) is 33.4 Å². The monoisotopic (exact) mass is 355 g/mol. The second-order valence-corrected chi connectivity index (χ2v) is 5.42. The van der Waals surface area contributed by atoms with Gasteiger partial charge in [-0.05, 0) is 24.3 Å². The van der Waals surface area contributed by atoms with Gasteiger partial charge in [-0.25, -0.2) is 4.68 Å². The Morgan fingerprint density at radius 1 is 1.20 bits per heavy atom. The highest BCUT2D eigenvalue weighted by atomic mass is 19.4. The molecule has 1 aromatic carbocycles. The second kappa shape index (κ2) is 6.75. The number of halogens is 3. The average Bonchev–Trinajstić information content (AvgIpc) is 3.07. The number of ether oxygens (including phenoxy) is 2. The number of rotatable bonds is 3. The summed E-state index contributed by atoms with van der Waals surface area (Å²) in [5, 5.41) is 3.80. The highest BCUT2D eigenvalue weighted by molar-refractivity contribution is 5.95. The van der Waals surface area contributed by atoms with Gasteiger partial charge in [0.15, 0.2) is 5.69 Å². The van der Waals surface area contributed by atoms with Crippen molar-refractivity contribution in [1.29, 1.82) is 0 Å². The van der Waals surface area contributed by atoms with Crippen LogP contribution in [0.3, 0.4) is 0 Å². The Kier molecular flexibility index (Phi) is 4.67. The summed E-state index contributed by atoms with van der Waals surface area (Å²) in [7, 11) is 1.46. The standard InChI is InChI=1S/C16H16F3N3O3/c1-24-12-4-2-11(3-5-12)22-14(16(17,18)19)13(10-20-22)15(23)21-6-8-25-9-7-21/h2-5,10H,6-9H2,1H3. The Morgan fingerprint density at radius 3 is 2.40 bits per heavy atom. The molecule has 1 saturated heterocycles. The van der Waals surface area contributed by atoms with Crippen LogP contribution >= 0.6 is 0 Å². The van der Waals surface area contributed by atoms with Crippen LogP contribution < -0.4 is 4.74 Å². The Labute approximate surface area is 141 Å². The molecule has 1 amide bonds. The Hall–Kier alpha value is -2.55. The minimum atomic E-state index is -4.73. The van der Waals surface area contributed by atoms with Crippen LogP contribution in [0, 0.1) is 0 Å². The van der Waals surface area contributed by atoms with Crippen molar-refractivity contribution < 1.29 is 27.4 Å². The average molecular weight is 355 g/mol. The highest BCUT2D eigenvalue weighted by Crippen LogP contribution is 2.34. The molecule has 25 heavy (non-hydrogen) atoms. The van der Waals surface area contributed by atoms with Crippen LogP contribution in [-0.2, 0) is 10.9 Å². The van der Waals surface area contributed by atoms with Crippen molar-refractivity contribution in [3.63, 3.8) is 0 Å². The number of alkyl halides is 3. The summed E-state index contributed by atoms with van der Waals surface area (Å²) in [6.07, 6.45) is -3.77. The summed E-state index contributed by atoms with van der Waals surface area (Å²) in [4.78, 5) is 13.9. The molecule has 1 aliphatic heterocycles. The maximum atomic E-state index is 13.6. The molecule has 0 radical (unpaired) electrons. The van der Waals surface area contributed by atoms with E-state index in [1.165, 1.54) is 36.3 Å². The zero-order valence-electron chi connectivity index (χ0n) is 13.4. The van der Waals surface area contributed by atoms with Gasteiger partial charge in [-0.1, -0.05) is 0 Å². The third kappa shape index (κ3) is 3.46. The molecule has 1 aliphatic rings. The number of methoxy groups -OCH3 is 1. The molecule has 0 spiro atoms. The second-order valence-electron chi connectivity index (χ2n) is 5.42. The van der Waals surface area contributed by atoms with Crippen LogP contribution in [0.5, 0.6) is 5.75 Å². The quantitative estimate of drug-likeness (QED) is 0.848. The zero-order chi connectivity index (χ0) is 18.0. The first kappa shape index (κ1) is 17.3. The lowest BCUT2D eigenvalue weighted by Gasteiger charge is -2.27. The van der Waals surface area contributed by atoms with Crippen molar-refractivity contribution in [2.45, 2.75) is 6.18 Å². The van der Waals surface area contributed by atoms with Gasteiger partial charge in [0.2, 0.25) is 0 Å². The SMILES string of the molecule is COc1ccc(-n2ncc(C(=O)N3CCOCC3)c2C(F)(F)F)cc1. The van der Waals surface area contributed by atoms with Gasteiger partial charge in [-0.2, -0.15) is 18.3 Å². The van der Waals surface area contributed by atoms with E-state index in [2.05, 4.69) is 5.10 Å². The van der Waals surface area contributed by atoms with E-state index in [-0.39, 0.29) is 18.8 Å². The minimum absolute atomic E-state index is 0.189. The number of nitrogens with zero attached hydrogens (tertiary/aromatic N) is 3. The van der Waals surface area contributed by atoms with Gasteiger partial charge in [0, 0.05) is 13.1 Å². The third-order valence-electron chi connectivity index (χ3n) is 3.88. The molecular weight excluding hydrogens is 339 g/mol. The van der Waals surface area contributed by atoms with Crippen molar-refractivity contribution in [1.82, 2.24) is 14.7 Å². The van der Waals surface area contributed by atoms with Gasteiger partial charge >= 0.3 is 6.18 Å². The van der Waals surface area contributed by atoms with E-state index in [0.29, 0.717) is 19.0 Å². The molecular formula is C16H16F3N3O3. The van der Waals surface area contributed by atoms with E-state index in [4.69, 9.17) is 9.47 Å². The smallest absolute Gasteiger partial charge is 0.434 e. The topological polar surface area (TPSA) is 56.6 Å². The van der Waals surface area contributed by atoms with Crippen molar-refractivity contribution in [3.8, 4) is 11.4 Å². The predicted octanol–water partition coefficient (Wildman–Crippen LogP) is 2.37. The fourth-order valence-electron chi connectivity index (χ4n) is 2.63. The number of carbonyl (C=O) groups is 1. The van der Waals surface area contributed by atoms with Crippen molar-refractivity contribution >= 4 is 5.91 Å². The largest absolute Gasteiger partial charge is 0.497 e. The first-order valence-electron chi connectivity index (χ1n) is 7.58. The van der Waals surface area contributed by atoms with E-state index in [1.54, 1.807) is 0 Å². The number of amides is 1. The molecule has 2 aromatic rings. The van der Waals surface area contributed by atoms with Crippen LogP contribution in [0.2, 0.25) is 0 Å². The molecule has 134 valence electrons. The van der Waals surface area contributed by atoms with E-state index in [9.17, 15) is 18.0 Å². The lowest BCUT2D eigenvalue weighted by atomic mass is 10.2. The molecule has 0 N–H and O–H groups in total. The van der Waals surface area contributed by atoms with Crippen LogP contribution in [-0.4, -0.2) is 54.0 Å². The molecule has 0 saturated carbocycles. The van der Waals surface area contributed by atoms with E-state index < -0.39 is 23.3 Å². The Morgan fingerprint density at radius 2 is 1.84 bits per heavy atom. The van der Waals surface area contributed by atoms with Gasteiger partial charge in [-0.15, -0.1) is 0 Å². The number of hydrogen-bond acceptors (Lipinski definition) is 4. The first-order chi connectivity index (χ1) is 11.9. The summed E-state index contributed by atoms with van der Waals surface area (Å²) >= 11 is 0. The molecule has 0 bridgehead atoms. The summed E-state index contributed by atoms with van der Waals surface area (Å²) in [5.41, 5.74) is -1.37. The number of carbonyl (C=O) groups excluding carboxylic acids is 1. The van der Waals surface area contributed by atoms with Gasteiger partial charge in [-0.3, -0.25) is 4.79 Å². The van der Waals surface area contributed by atoms with Crippen LogP contribution in [0.1, 0.15) is 16.1 Å². The summed E-state index contributed by atoms with van der Waals surface area (Å²) in [6, 6.07) is 5.95. The van der Waals surface area contributed by atoms with Crippen molar-refractivity contribution in [3.05, 3.63) is 41.7 Å². The molecule has 0 aliphatic carbocycles. The third-order valence-corrected chi connectivity index (χ3v) is 3.88. The summed E-state index contributed by atoms with van der Waals surface area (Å²) < 4.78 is 51.7. The van der Waals surface area contributed by atoms with Gasteiger partial charge in [0.25, 0.3) is 5.91 Å². The van der Waals surface area contributed by atoms with Gasteiger partial charge in [0.05, 0.1) is 37.8 Å². The fraction of sp³-hybridized carbons (Fsp3) is 0.375. The predicted molar refractivity (Wildman–Crippen MR) is 81.8 cm³/mol. The minimum Gasteiger partial charge on any atom is -0.497 e. The first-order valence-corrected chi connectivity index (χ1v) is 7.58. The fourth-order valence-corrected chi connectivity index (χ4v) is 2.63. The lowest BCUT2D eigenvalue weighted by Crippen LogP contribution is -2.41. The zero-order valence-corrected chi connectivity index (χ0v) is 13.4. The maximum Gasteiger partial charge on any atom is 0.434 e. The summed E-state index contributed by atoms with van der Waals surface area (Å²) in [5.74, 6) is -0.190. The van der Waals surface area contributed by atoms with Gasteiger partial charge < -0.3 is 14.4 Å².